The zero-order chi connectivity index (χ0) is 15.8. The van der Waals surface area contributed by atoms with Crippen molar-refractivity contribution in [1.29, 1.82) is 0 Å². The second-order valence-electron chi connectivity index (χ2n) is 7.32. The lowest BCUT2D eigenvalue weighted by Crippen LogP contribution is -2.66. The van der Waals surface area contributed by atoms with E-state index in [1.165, 1.54) is 0 Å². The Kier molecular flexibility index (Phi) is 4.16. The number of carbonyl (C=O) groups excluding carboxylic acids is 1. The number of rotatable bonds is 5. The van der Waals surface area contributed by atoms with Crippen LogP contribution in [0.4, 0.5) is 0 Å². The Morgan fingerprint density at radius 2 is 1.82 bits per heavy atom. The molecule has 2 saturated carbocycles. The fourth-order valence-electron chi connectivity index (χ4n) is 4.40. The third kappa shape index (κ3) is 2.74. The number of aliphatic carboxylic acids is 1. The Hall–Kier alpha value is -1.14. The van der Waals surface area contributed by atoms with Crippen molar-refractivity contribution in [3.63, 3.8) is 0 Å². The topological polar surface area (TPSA) is 95.9 Å². The lowest BCUT2D eigenvalue weighted by atomic mass is 9.57. The molecule has 3 N–H and O–H groups in total. The summed E-state index contributed by atoms with van der Waals surface area (Å²) in [7, 11) is 0. The fourth-order valence-corrected chi connectivity index (χ4v) is 4.40. The molecule has 0 radical (unpaired) electrons. The van der Waals surface area contributed by atoms with Gasteiger partial charge in [-0.1, -0.05) is 6.42 Å². The van der Waals surface area contributed by atoms with E-state index in [1.54, 1.807) is 0 Å². The third-order valence-corrected chi connectivity index (χ3v) is 6.05. The van der Waals surface area contributed by atoms with E-state index in [4.69, 9.17) is 9.84 Å². The SMILES string of the molecule is O=C(O)CC1(CC(=O)N[C@@H]2C[C@@H](O)C23CCOCC3)CCC1. The van der Waals surface area contributed by atoms with Gasteiger partial charge in [-0.3, -0.25) is 9.59 Å². The second-order valence-corrected chi connectivity index (χ2v) is 7.32. The van der Waals surface area contributed by atoms with Crippen molar-refractivity contribution >= 4 is 11.9 Å². The largest absolute Gasteiger partial charge is 0.481 e. The number of carbonyl (C=O) groups is 2. The molecule has 3 aliphatic rings. The molecule has 3 fully saturated rings. The summed E-state index contributed by atoms with van der Waals surface area (Å²) < 4.78 is 5.36. The molecule has 1 saturated heterocycles. The molecule has 6 nitrogen and oxygen atoms in total. The normalized spacial score (nSPS) is 31.9. The van der Waals surface area contributed by atoms with Gasteiger partial charge in [0.1, 0.15) is 0 Å². The van der Waals surface area contributed by atoms with Gasteiger partial charge in [-0.25, -0.2) is 0 Å². The molecule has 0 bridgehead atoms. The molecule has 1 aliphatic heterocycles. The molecule has 1 heterocycles. The van der Waals surface area contributed by atoms with Crippen LogP contribution in [-0.2, 0) is 14.3 Å². The van der Waals surface area contributed by atoms with Gasteiger partial charge in [0.15, 0.2) is 0 Å². The van der Waals surface area contributed by atoms with E-state index in [-0.39, 0.29) is 35.3 Å². The molecule has 0 aromatic carbocycles. The van der Waals surface area contributed by atoms with E-state index in [0.717, 1.165) is 32.1 Å². The highest BCUT2D eigenvalue weighted by atomic mass is 16.5. The number of carboxylic acid groups (broad SMARTS) is 1. The van der Waals surface area contributed by atoms with Crippen molar-refractivity contribution in [2.24, 2.45) is 10.8 Å². The maximum Gasteiger partial charge on any atom is 0.303 e. The fraction of sp³-hybridized carbons (Fsp3) is 0.875. The van der Waals surface area contributed by atoms with Crippen LogP contribution in [0.25, 0.3) is 0 Å². The molecule has 6 heteroatoms. The summed E-state index contributed by atoms with van der Waals surface area (Å²) in [5.41, 5.74) is -0.575. The summed E-state index contributed by atoms with van der Waals surface area (Å²) in [6, 6.07) is 0.000791. The minimum atomic E-state index is -0.826. The standard InChI is InChI=1S/C16H25NO5/c18-12-8-11(16(12)4-6-22-7-5-16)17-13(19)9-15(2-1-3-15)10-14(20)21/h11-12,18H,1-10H2,(H,17,19)(H,20,21)/t11-,12-/m1/s1. The smallest absolute Gasteiger partial charge is 0.303 e. The van der Waals surface area contributed by atoms with Gasteiger partial charge in [-0.2, -0.15) is 0 Å². The summed E-state index contributed by atoms with van der Waals surface area (Å²) in [5.74, 6) is -0.892. The highest BCUT2D eigenvalue weighted by Crippen LogP contribution is 2.50. The van der Waals surface area contributed by atoms with Crippen LogP contribution in [-0.4, -0.2) is 47.4 Å². The first-order valence-corrected chi connectivity index (χ1v) is 8.23. The number of aliphatic hydroxyl groups is 1. The van der Waals surface area contributed by atoms with Crippen molar-refractivity contribution in [2.75, 3.05) is 13.2 Å². The van der Waals surface area contributed by atoms with Gasteiger partial charge >= 0.3 is 5.97 Å². The summed E-state index contributed by atoms with van der Waals surface area (Å²) in [5, 5.41) is 22.2. The molecule has 124 valence electrons. The van der Waals surface area contributed by atoms with Gasteiger partial charge in [-0.05, 0) is 37.5 Å². The number of ether oxygens (including phenoxy) is 1. The van der Waals surface area contributed by atoms with Crippen molar-refractivity contribution < 1.29 is 24.5 Å². The summed E-state index contributed by atoms with van der Waals surface area (Å²) >= 11 is 0. The number of carboxylic acids is 1. The molecule has 2 atom stereocenters. The zero-order valence-corrected chi connectivity index (χ0v) is 12.8. The Labute approximate surface area is 130 Å². The van der Waals surface area contributed by atoms with Crippen molar-refractivity contribution in [3.8, 4) is 0 Å². The first kappa shape index (κ1) is 15.7. The van der Waals surface area contributed by atoms with E-state index >= 15 is 0 Å². The lowest BCUT2D eigenvalue weighted by Gasteiger charge is -2.56. The van der Waals surface area contributed by atoms with Crippen LogP contribution in [0.1, 0.15) is 51.4 Å². The summed E-state index contributed by atoms with van der Waals surface area (Å²) in [6.07, 6.45) is 4.79. The molecule has 0 aromatic rings. The second kappa shape index (κ2) is 5.81. The molecule has 1 spiro atoms. The molecule has 3 rings (SSSR count). The molecular formula is C16H25NO5. The van der Waals surface area contributed by atoms with Crippen molar-refractivity contribution in [2.45, 2.75) is 63.5 Å². The van der Waals surface area contributed by atoms with E-state index in [9.17, 15) is 14.7 Å². The highest BCUT2D eigenvalue weighted by Gasteiger charge is 2.55. The van der Waals surface area contributed by atoms with Crippen molar-refractivity contribution in [1.82, 2.24) is 5.32 Å². The van der Waals surface area contributed by atoms with Crippen LogP contribution in [0, 0.1) is 10.8 Å². The quantitative estimate of drug-likeness (QED) is 0.706. The van der Waals surface area contributed by atoms with Crippen molar-refractivity contribution in [3.05, 3.63) is 0 Å². The summed E-state index contributed by atoms with van der Waals surface area (Å²) in [6.45, 7) is 1.26. The average molecular weight is 311 g/mol. The maximum atomic E-state index is 12.4. The zero-order valence-electron chi connectivity index (χ0n) is 12.8. The molecule has 1 amide bonds. The first-order valence-electron chi connectivity index (χ1n) is 8.23. The Morgan fingerprint density at radius 1 is 1.14 bits per heavy atom. The molecule has 2 aliphatic carbocycles. The molecule has 0 unspecified atom stereocenters. The van der Waals surface area contributed by atoms with Gasteiger partial charge in [0, 0.05) is 31.1 Å². The van der Waals surface area contributed by atoms with Gasteiger partial charge < -0.3 is 20.3 Å². The lowest BCUT2D eigenvalue weighted by molar-refractivity contribution is -0.158. The Bertz CT molecular complexity index is 453. The molecule has 0 aromatic heterocycles. The van der Waals surface area contributed by atoms with Crippen LogP contribution >= 0.6 is 0 Å². The minimum absolute atomic E-state index is 0.000791. The van der Waals surface area contributed by atoms with Gasteiger partial charge in [0.25, 0.3) is 0 Å². The van der Waals surface area contributed by atoms with Crippen LogP contribution in [0.2, 0.25) is 0 Å². The molecular weight excluding hydrogens is 286 g/mol. The summed E-state index contributed by atoms with van der Waals surface area (Å²) in [4.78, 5) is 23.3. The third-order valence-electron chi connectivity index (χ3n) is 6.05. The minimum Gasteiger partial charge on any atom is -0.481 e. The maximum absolute atomic E-state index is 12.4. The van der Waals surface area contributed by atoms with E-state index in [1.807, 2.05) is 0 Å². The number of nitrogens with one attached hydrogen (secondary N) is 1. The van der Waals surface area contributed by atoms with Gasteiger partial charge in [-0.15, -0.1) is 0 Å². The van der Waals surface area contributed by atoms with Crippen LogP contribution in [0.15, 0.2) is 0 Å². The number of hydrogen-bond donors (Lipinski definition) is 3. The Balaban J connectivity index is 1.56. The Morgan fingerprint density at radius 3 is 2.32 bits per heavy atom. The van der Waals surface area contributed by atoms with Crippen LogP contribution in [0.5, 0.6) is 0 Å². The number of hydrogen-bond acceptors (Lipinski definition) is 4. The number of aliphatic hydroxyl groups excluding tert-OH is 1. The predicted molar refractivity (Wildman–Crippen MR) is 78.2 cm³/mol. The van der Waals surface area contributed by atoms with Gasteiger partial charge in [0.05, 0.1) is 12.5 Å². The van der Waals surface area contributed by atoms with E-state index in [0.29, 0.717) is 26.1 Å². The van der Waals surface area contributed by atoms with E-state index < -0.39 is 5.97 Å². The predicted octanol–water partition coefficient (Wildman–Crippen LogP) is 1.07. The van der Waals surface area contributed by atoms with Crippen LogP contribution in [0.3, 0.4) is 0 Å². The monoisotopic (exact) mass is 311 g/mol. The number of amides is 1. The van der Waals surface area contributed by atoms with E-state index in [2.05, 4.69) is 5.32 Å². The van der Waals surface area contributed by atoms with Crippen LogP contribution < -0.4 is 5.32 Å². The highest BCUT2D eigenvalue weighted by molar-refractivity contribution is 5.78. The molecule has 22 heavy (non-hydrogen) atoms. The van der Waals surface area contributed by atoms with Gasteiger partial charge in [0.2, 0.25) is 5.91 Å². The first-order chi connectivity index (χ1) is 10.5. The average Bonchev–Trinajstić information content (AvgIpc) is 2.45.